The second-order valence-electron chi connectivity index (χ2n) is 8.58. The number of morpholine rings is 1. The molecule has 0 unspecified atom stereocenters. The SMILES string of the molecule is C=C(C)CNC(=NCC1(N2CCOCC2)CCCCC1)NCCn1cnnc1CC. The molecule has 0 atom stereocenters. The van der Waals surface area contributed by atoms with E-state index < -0.39 is 0 Å². The molecular weight excluding hydrogens is 378 g/mol. The zero-order chi connectivity index (χ0) is 21.2. The molecule has 0 amide bonds. The van der Waals surface area contributed by atoms with Crippen molar-refractivity contribution in [2.45, 2.75) is 64.5 Å². The van der Waals surface area contributed by atoms with Crippen LogP contribution in [0.25, 0.3) is 0 Å². The van der Waals surface area contributed by atoms with Gasteiger partial charge in [-0.25, -0.2) is 0 Å². The summed E-state index contributed by atoms with van der Waals surface area (Å²) in [5.74, 6) is 1.88. The van der Waals surface area contributed by atoms with Crippen LogP contribution < -0.4 is 10.6 Å². The van der Waals surface area contributed by atoms with Gasteiger partial charge in [0, 0.05) is 44.7 Å². The van der Waals surface area contributed by atoms with Crippen LogP contribution in [-0.4, -0.2) is 77.1 Å². The predicted molar refractivity (Wildman–Crippen MR) is 121 cm³/mol. The Balaban J connectivity index is 1.65. The molecule has 2 aliphatic rings. The van der Waals surface area contributed by atoms with E-state index in [1.807, 2.05) is 6.92 Å². The third-order valence-corrected chi connectivity index (χ3v) is 6.21. The Morgan fingerprint density at radius 3 is 2.70 bits per heavy atom. The van der Waals surface area contributed by atoms with Gasteiger partial charge in [-0.1, -0.05) is 38.3 Å². The van der Waals surface area contributed by atoms with Crippen LogP contribution in [0.15, 0.2) is 23.5 Å². The molecule has 3 rings (SSSR count). The number of rotatable bonds is 9. The van der Waals surface area contributed by atoms with Gasteiger partial charge in [-0.15, -0.1) is 10.2 Å². The van der Waals surface area contributed by atoms with Crippen molar-refractivity contribution < 1.29 is 4.74 Å². The van der Waals surface area contributed by atoms with Crippen LogP contribution in [0.1, 0.15) is 51.8 Å². The van der Waals surface area contributed by atoms with Gasteiger partial charge < -0.3 is 19.9 Å². The highest BCUT2D eigenvalue weighted by Crippen LogP contribution is 2.34. The van der Waals surface area contributed by atoms with E-state index in [0.717, 1.165) is 76.3 Å². The molecule has 8 nitrogen and oxygen atoms in total. The molecule has 2 N–H and O–H groups in total. The lowest BCUT2D eigenvalue weighted by Crippen LogP contribution is -2.56. The Morgan fingerprint density at radius 2 is 2.00 bits per heavy atom. The van der Waals surface area contributed by atoms with Crippen LogP contribution in [0.5, 0.6) is 0 Å². The summed E-state index contributed by atoms with van der Waals surface area (Å²) < 4.78 is 7.71. The fraction of sp³-hybridized carbons (Fsp3) is 0.773. The summed E-state index contributed by atoms with van der Waals surface area (Å²) in [6.45, 7) is 15.0. The van der Waals surface area contributed by atoms with E-state index in [4.69, 9.17) is 9.73 Å². The standard InChI is InChI=1S/C22H39N7O/c1-4-20-27-26-18-28(20)11-10-23-21(24-16-19(2)3)25-17-22(8-6-5-7-9-22)29-12-14-30-15-13-29/h18H,2,4-17H2,1,3H3,(H2,23,24,25). The summed E-state index contributed by atoms with van der Waals surface area (Å²) in [5.41, 5.74) is 1.26. The molecule has 1 saturated carbocycles. The fourth-order valence-electron chi connectivity index (χ4n) is 4.49. The van der Waals surface area contributed by atoms with Crippen molar-refractivity contribution in [1.82, 2.24) is 30.3 Å². The molecule has 1 aliphatic heterocycles. The molecular formula is C22H39N7O. The molecule has 1 aromatic heterocycles. The van der Waals surface area contributed by atoms with Crippen molar-refractivity contribution in [2.75, 3.05) is 45.9 Å². The van der Waals surface area contributed by atoms with E-state index in [2.05, 4.69) is 43.8 Å². The van der Waals surface area contributed by atoms with Gasteiger partial charge in [0.2, 0.25) is 0 Å². The number of aromatic nitrogens is 3. The number of aliphatic imine (C=N–C) groups is 1. The maximum Gasteiger partial charge on any atom is 0.191 e. The third-order valence-electron chi connectivity index (χ3n) is 6.21. The summed E-state index contributed by atoms with van der Waals surface area (Å²) in [5, 5.41) is 15.1. The minimum atomic E-state index is 0.170. The van der Waals surface area contributed by atoms with Gasteiger partial charge in [-0.2, -0.15) is 0 Å². The highest BCUT2D eigenvalue weighted by atomic mass is 16.5. The molecule has 1 aliphatic carbocycles. The minimum absolute atomic E-state index is 0.170. The van der Waals surface area contributed by atoms with E-state index >= 15 is 0 Å². The largest absolute Gasteiger partial charge is 0.379 e. The lowest BCUT2D eigenvalue weighted by molar-refractivity contribution is -0.0333. The normalized spacial score (nSPS) is 20.1. The molecule has 0 bridgehead atoms. The zero-order valence-electron chi connectivity index (χ0n) is 18.8. The van der Waals surface area contributed by atoms with Crippen LogP contribution in [0.3, 0.4) is 0 Å². The topological polar surface area (TPSA) is 79.6 Å². The van der Waals surface area contributed by atoms with E-state index in [1.54, 1.807) is 6.33 Å². The van der Waals surface area contributed by atoms with Gasteiger partial charge in [-0.05, 0) is 19.8 Å². The molecule has 0 spiro atoms. The smallest absolute Gasteiger partial charge is 0.191 e. The van der Waals surface area contributed by atoms with Gasteiger partial charge in [0.15, 0.2) is 5.96 Å². The maximum atomic E-state index is 5.61. The first kappa shape index (κ1) is 22.7. The van der Waals surface area contributed by atoms with Crippen LogP contribution in [-0.2, 0) is 17.7 Å². The highest BCUT2D eigenvalue weighted by Gasteiger charge is 2.38. The lowest BCUT2D eigenvalue weighted by atomic mass is 9.80. The predicted octanol–water partition coefficient (Wildman–Crippen LogP) is 1.99. The van der Waals surface area contributed by atoms with Crippen molar-refractivity contribution in [3.63, 3.8) is 0 Å². The first-order chi connectivity index (χ1) is 14.6. The fourth-order valence-corrected chi connectivity index (χ4v) is 4.49. The van der Waals surface area contributed by atoms with Gasteiger partial charge >= 0.3 is 0 Å². The van der Waals surface area contributed by atoms with Crippen LogP contribution in [0.2, 0.25) is 0 Å². The Labute approximate surface area is 181 Å². The van der Waals surface area contributed by atoms with Gasteiger partial charge in [0.05, 0.1) is 19.8 Å². The number of hydrogen-bond acceptors (Lipinski definition) is 5. The van der Waals surface area contributed by atoms with Crippen LogP contribution in [0.4, 0.5) is 0 Å². The summed E-state index contributed by atoms with van der Waals surface area (Å²) in [6, 6.07) is 0. The summed E-state index contributed by atoms with van der Waals surface area (Å²) >= 11 is 0. The number of nitrogens with one attached hydrogen (secondary N) is 2. The van der Waals surface area contributed by atoms with E-state index in [0.29, 0.717) is 0 Å². The number of hydrogen-bond donors (Lipinski definition) is 2. The van der Waals surface area contributed by atoms with Gasteiger partial charge in [0.25, 0.3) is 0 Å². The summed E-state index contributed by atoms with van der Waals surface area (Å²) in [6.07, 6.45) is 9.07. The Morgan fingerprint density at radius 1 is 1.23 bits per heavy atom. The van der Waals surface area contributed by atoms with E-state index in [1.165, 1.54) is 32.1 Å². The quantitative estimate of drug-likeness (QED) is 0.363. The highest BCUT2D eigenvalue weighted by molar-refractivity contribution is 5.80. The number of guanidine groups is 1. The molecule has 2 heterocycles. The van der Waals surface area contributed by atoms with Crippen molar-refractivity contribution in [1.29, 1.82) is 0 Å². The molecule has 0 aromatic carbocycles. The summed E-state index contributed by atoms with van der Waals surface area (Å²) in [4.78, 5) is 7.70. The van der Waals surface area contributed by atoms with Crippen LogP contribution in [0, 0.1) is 0 Å². The number of aryl methyl sites for hydroxylation is 1. The summed E-state index contributed by atoms with van der Waals surface area (Å²) in [7, 11) is 0. The number of ether oxygens (including phenoxy) is 1. The second kappa shape index (κ2) is 11.5. The van der Waals surface area contributed by atoms with E-state index in [-0.39, 0.29) is 5.54 Å². The zero-order valence-corrected chi connectivity index (χ0v) is 18.8. The third kappa shape index (κ3) is 6.28. The van der Waals surface area contributed by atoms with Crippen molar-refractivity contribution in [3.05, 3.63) is 24.3 Å². The molecule has 30 heavy (non-hydrogen) atoms. The molecule has 1 aromatic rings. The average molecular weight is 418 g/mol. The minimum Gasteiger partial charge on any atom is -0.379 e. The Kier molecular flexibility index (Phi) is 8.69. The Bertz CT molecular complexity index is 687. The first-order valence-electron chi connectivity index (χ1n) is 11.5. The first-order valence-corrected chi connectivity index (χ1v) is 11.5. The molecule has 168 valence electrons. The Hall–Kier alpha value is -1.93. The maximum absolute atomic E-state index is 5.61. The monoisotopic (exact) mass is 417 g/mol. The van der Waals surface area contributed by atoms with Crippen molar-refractivity contribution in [2.24, 2.45) is 4.99 Å². The number of nitrogens with zero attached hydrogens (tertiary/aromatic N) is 5. The van der Waals surface area contributed by atoms with Gasteiger partial charge in [-0.3, -0.25) is 9.89 Å². The lowest BCUT2D eigenvalue weighted by Gasteiger charge is -2.47. The molecule has 2 fully saturated rings. The molecule has 8 heteroatoms. The average Bonchev–Trinajstić information content (AvgIpc) is 3.24. The molecule has 1 saturated heterocycles. The molecule has 0 radical (unpaired) electrons. The van der Waals surface area contributed by atoms with Crippen molar-refractivity contribution in [3.8, 4) is 0 Å². The van der Waals surface area contributed by atoms with Crippen LogP contribution >= 0.6 is 0 Å². The van der Waals surface area contributed by atoms with Crippen molar-refractivity contribution >= 4 is 5.96 Å². The second-order valence-corrected chi connectivity index (χ2v) is 8.58. The van der Waals surface area contributed by atoms with Gasteiger partial charge in [0.1, 0.15) is 12.2 Å². The van der Waals surface area contributed by atoms with E-state index in [9.17, 15) is 0 Å².